The molecule has 2 heterocycles. The second kappa shape index (κ2) is 5.49. The Morgan fingerprint density at radius 2 is 2.24 bits per heavy atom. The van der Waals surface area contributed by atoms with Crippen LogP contribution < -0.4 is 5.56 Å². The maximum absolute atomic E-state index is 12.0. The number of benzene rings is 1. The van der Waals surface area contributed by atoms with E-state index in [1.807, 2.05) is 19.1 Å². The van der Waals surface area contributed by atoms with Gasteiger partial charge in [-0.25, -0.2) is 9.78 Å². The fraction of sp³-hybridized carbons (Fsp3) is 0.133. The SMILES string of the molecule is Cc1cccc2c(=O)[nH]c(COC(=O)c3ccsc3)nc12. The van der Waals surface area contributed by atoms with E-state index in [4.69, 9.17) is 4.74 Å². The number of nitrogens with zero attached hydrogens (tertiary/aromatic N) is 1. The Balaban J connectivity index is 1.86. The van der Waals surface area contributed by atoms with Gasteiger partial charge in [0.2, 0.25) is 0 Å². The van der Waals surface area contributed by atoms with Crippen molar-refractivity contribution in [2.24, 2.45) is 0 Å². The molecule has 5 nitrogen and oxygen atoms in total. The van der Waals surface area contributed by atoms with Gasteiger partial charge in [0.25, 0.3) is 5.56 Å². The van der Waals surface area contributed by atoms with Gasteiger partial charge in [-0.05, 0) is 30.0 Å². The Bertz CT molecular complexity index is 853. The van der Waals surface area contributed by atoms with Crippen LogP contribution in [0.4, 0.5) is 0 Å². The second-order valence-electron chi connectivity index (χ2n) is 4.57. The molecule has 1 N–H and O–H groups in total. The smallest absolute Gasteiger partial charge is 0.339 e. The van der Waals surface area contributed by atoms with E-state index in [2.05, 4.69) is 9.97 Å². The summed E-state index contributed by atoms with van der Waals surface area (Å²) in [5.41, 5.74) is 1.80. The fourth-order valence-corrected chi connectivity index (χ4v) is 2.64. The van der Waals surface area contributed by atoms with Crippen LogP contribution in [0.25, 0.3) is 10.9 Å². The first-order valence-corrected chi connectivity index (χ1v) is 7.27. The number of esters is 1. The third-order valence-electron chi connectivity index (χ3n) is 3.08. The van der Waals surface area contributed by atoms with E-state index in [0.717, 1.165) is 5.56 Å². The summed E-state index contributed by atoms with van der Waals surface area (Å²) >= 11 is 1.42. The zero-order valence-electron chi connectivity index (χ0n) is 11.3. The molecule has 2 aromatic heterocycles. The van der Waals surface area contributed by atoms with Crippen molar-refractivity contribution in [2.45, 2.75) is 13.5 Å². The number of rotatable bonds is 3. The highest BCUT2D eigenvalue weighted by molar-refractivity contribution is 7.08. The second-order valence-corrected chi connectivity index (χ2v) is 5.35. The summed E-state index contributed by atoms with van der Waals surface area (Å²) in [5, 5.41) is 4.04. The lowest BCUT2D eigenvalue weighted by molar-refractivity contribution is 0.0463. The van der Waals surface area contributed by atoms with E-state index in [-0.39, 0.29) is 12.2 Å². The molecule has 0 aliphatic rings. The van der Waals surface area contributed by atoms with Crippen molar-refractivity contribution in [1.82, 2.24) is 9.97 Å². The van der Waals surface area contributed by atoms with Gasteiger partial charge in [-0.1, -0.05) is 12.1 Å². The van der Waals surface area contributed by atoms with Gasteiger partial charge < -0.3 is 9.72 Å². The molecule has 0 bridgehead atoms. The molecular weight excluding hydrogens is 288 g/mol. The molecule has 21 heavy (non-hydrogen) atoms. The van der Waals surface area contributed by atoms with Crippen molar-refractivity contribution < 1.29 is 9.53 Å². The Labute approximate surface area is 124 Å². The lowest BCUT2D eigenvalue weighted by atomic mass is 10.1. The van der Waals surface area contributed by atoms with Gasteiger partial charge in [-0.2, -0.15) is 11.3 Å². The van der Waals surface area contributed by atoms with Gasteiger partial charge in [0, 0.05) is 5.38 Å². The average Bonchev–Trinajstić information content (AvgIpc) is 3.00. The molecular formula is C15H12N2O3S. The van der Waals surface area contributed by atoms with Gasteiger partial charge >= 0.3 is 5.97 Å². The molecule has 0 saturated carbocycles. The number of para-hydroxylation sites is 1. The molecule has 1 aromatic carbocycles. The first-order chi connectivity index (χ1) is 10.1. The molecule has 0 unspecified atom stereocenters. The number of aromatic nitrogens is 2. The molecule has 106 valence electrons. The number of H-pyrrole nitrogens is 1. The maximum Gasteiger partial charge on any atom is 0.339 e. The van der Waals surface area contributed by atoms with Crippen LogP contribution in [0.3, 0.4) is 0 Å². The molecule has 0 fully saturated rings. The van der Waals surface area contributed by atoms with Crippen molar-refractivity contribution in [3.8, 4) is 0 Å². The average molecular weight is 300 g/mol. The Morgan fingerprint density at radius 1 is 1.38 bits per heavy atom. The van der Waals surface area contributed by atoms with E-state index in [0.29, 0.717) is 22.3 Å². The lowest BCUT2D eigenvalue weighted by Gasteiger charge is -2.06. The highest BCUT2D eigenvalue weighted by Crippen LogP contribution is 2.13. The number of ether oxygens (including phenoxy) is 1. The minimum Gasteiger partial charge on any atom is -0.454 e. The number of carbonyl (C=O) groups is 1. The van der Waals surface area contributed by atoms with Crippen LogP contribution in [0.2, 0.25) is 0 Å². The molecule has 0 saturated heterocycles. The van der Waals surface area contributed by atoms with Gasteiger partial charge in [-0.3, -0.25) is 4.79 Å². The molecule has 3 aromatic rings. The predicted molar refractivity (Wildman–Crippen MR) is 80.5 cm³/mol. The summed E-state index contributed by atoms with van der Waals surface area (Å²) < 4.78 is 5.15. The van der Waals surface area contributed by atoms with Crippen LogP contribution >= 0.6 is 11.3 Å². The van der Waals surface area contributed by atoms with Crippen LogP contribution in [0, 0.1) is 6.92 Å². The predicted octanol–water partition coefficient (Wildman–Crippen LogP) is 2.65. The van der Waals surface area contributed by atoms with Gasteiger partial charge in [0.05, 0.1) is 16.5 Å². The highest BCUT2D eigenvalue weighted by Gasteiger charge is 2.10. The summed E-state index contributed by atoms with van der Waals surface area (Å²) in [7, 11) is 0. The van der Waals surface area contributed by atoms with Gasteiger partial charge in [0.1, 0.15) is 12.4 Å². The largest absolute Gasteiger partial charge is 0.454 e. The number of carbonyl (C=O) groups excluding carboxylic acids is 1. The third-order valence-corrected chi connectivity index (χ3v) is 3.77. The molecule has 0 radical (unpaired) electrons. The molecule has 3 rings (SSSR count). The van der Waals surface area contributed by atoms with E-state index >= 15 is 0 Å². The number of fused-ring (bicyclic) bond motifs is 1. The summed E-state index contributed by atoms with van der Waals surface area (Å²) in [6.07, 6.45) is 0. The number of aromatic amines is 1. The van der Waals surface area contributed by atoms with E-state index in [1.54, 1.807) is 22.9 Å². The van der Waals surface area contributed by atoms with Crippen LogP contribution in [-0.2, 0) is 11.3 Å². The van der Waals surface area contributed by atoms with Crippen molar-refractivity contribution in [3.05, 3.63) is 62.3 Å². The van der Waals surface area contributed by atoms with Crippen LogP contribution in [0.5, 0.6) is 0 Å². The number of thiophene rings is 1. The summed E-state index contributed by atoms with van der Waals surface area (Å²) in [6.45, 7) is 1.82. The Morgan fingerprint density at radius 3 is 3.00 bits per heavy atom. The van der Waals surface area contributed by atoms with Gasteiger partial charge in [-0.15, -0.1) is 0 Å². The summed E-state index contributed by atoms with van der Waals surface area (Å²) in [4.78, 5) is 30.7. The molecule has 6 heteroatoms. The van der Waals surface area contributed by atoms with Crippen LogP contribution in [0.1, 0.15) is 21.7 Å². The zero-order chi connectivity index (χ0) is 14.8. The molecule has 0 spiro atoms. The Kier molecular flexibility index (Phi) is 3.53. The fourth-order valence-electron chi connectivity index (χ4n) is 2.02. The molecule has 0 atom stereocenters. The van der Waals surface area contributed by atoms with Crippen molar-refractivity contribution >= 4 is 28.2 Å². The monoisotopic (exact) mass is 300 g/mol. The van der Waals surface area contributed by atoms with Crippen LogP contribution in [-0.4, -0.2) is 15.9 Å². The van der Waals surface area contributed by atoms with Crippen molar-refractivity contribution in [2.75, 3.05) is 0 Å². The number of hydrogen-bond acceptors (Lipinski definition) is 5. The number of aryl methyl sites for hydroxylation is 1. The minimum atomic E-state index is -0.427. The van der Waals surface area contributed by atoms with Gasteiger partial charge in [0.15, 0.2) is 0 Å². The normalized spacial score (nSPS) is 10.7. The number of nitrogens with one attached hydrogen (secondary N) is 1. The maximum atomic E-state index is 12.0. The minimum absolute atomic E-state index is 0.0613. The number of hydrogen-bond donors (Lipinski definition) is 1. The zero-order valence-corrected chi connectivity index (χ0v) is 12.1. The van der Waals surface area contributed by atoms with Crippen molar-refractivity contribution in [3.63, 3.8) is 0 Å². The summed E-state index contributed by atoms with van der Waals surface area (Å²) in [5.74, 6) is -0.0887. The first kappa shape index (κ1) is 13.5. The quantitative estimate of drug-likeness (QED) is 0.755. The van der Waals surface area contributed by atoms with E-state index in [1.165, 1.54) is 11.3 Å². The molecule has 0 aliphatic heterocycles. The lowest BCUT2D eigenvalue weighted by Crippen LogP contribution is -2.14. The molecule has 0 amide bonds. The standard InChI is InChI=1S/C15H12N2O3S/c1-9-3-2-4-11-13(9)16-12(17-14(11)18)7-20-15(19)10-5-6-21-8-10/h2-6,8H,7H2,1H3,(H,16,17,18). The van der Waals surface area contributed by atoms with E-state index in [9.17, 15) is 9.59 Å². The topological polar surface area (TPSA) is 72.1 Å². The Hall–Kier alpha value is -2.47. The third kappa shape index (κ3) is 2.71. The summed E-state index contributed by atoms with van der Waals surface area (Å²) in [6, 6.07) is 7.10. The molecule has 0 aliphatic carbocycles. The van der Waals surface area contributed by atoms with Crippen LogP contribution in [0.15, 0.2) is 39.8 Å². The first-order valence-electron chi connectivity index (χ1n) is 6.33. The van der Waals surface area contributed by atoms with E-state index < -0.39 is 5.97 Å². The van der Waals surface area contributed by atoms with Crippen molar-refractivity contribution in [1.29, 1.82) is 0 Å². The highest BCUT2D eigenvalue weighted by atomic mass is 32.1.